The number of pyridine rings is 1. The van der Waals surface area contributed by atoms with E-state index in [1.807, 2.05) is 43.1 Å². The Kier molecular flexibility index (Phi) is 4.13. The molecule has 0 unspecified atom stereocenters. The lowest BCUT2D eigenvalue weighted by Gasteiger charge is -2.31. The Hall–Kier alpha value is -3.22. The van der Waals surface area contributed by atoms with Crippen LogP contribution >= 0.6 is 0 Å². The van der Waals surface area contributed by atoms with E-state index in [0.29, 0.717) is 11.8 Å². The van der Waals surface area contributed by atoms with E-state index in [-0.39, 0.29) is 5.91 Å². The number of benzene rings is 1. The molecule has 1 N–H and O–H groups in total. The molecule has 7 nitrogen and oxygen atoms in total. The molecule has 3 aromatic heterocycles. The number of hydrogen-bond donors (Lipinski definition) is 1. The molecule has 1 amide bonds. The van der Waals surface area contributed by atoms with E-state index < -0.39 is 0 Å². The van der Waals surface area contributed by atoms with Gasteiger partial charge < -0.3 is 9.88 Å². The van der Waals surface area contributed by atoms with Gasteiger partial charge in [-0.1, -0.05) is 12.1 Å². The van der Waals surface area contributed by atoms with Crippen molar-refractivity contribution in [2.24, 2.45) is 7.05 Å². The van der Waals surface area contributed by atoms with Crippen LogP contribution < -0.4 is 0 Å². The first-order chi connectivity index (χ1) is 15.1. The van der Waals surface area contributed by atoms with Crippen molar-refractivity contribution in [2.45, 2.75) is 44.4 Å². The van der Waals surface area contributed by atoms with Crippen molar-refractivity contribution >= 4 is 28.0 Å². The molecule has 0 spiro atoms. The number of aromatic amines is 1. The highest BCUT2D eigenvalue weighted by molar-refractivity contribution is 6.06. The number of piperidine rings is 1. The minimum Gasteiger partial charge on any atom is -0.342 e. The lowest BCUT2D eigenvalue weighted by molar-refractivity contribution is 0.0713. The Labute approximate surface area is 180 Å². The summed E-state index contributed by atoms with van der Waals surface area (Å²) in [5.74, 6) is 1.99. The summed E-state index contributed by atoms with van der Waals surface area (Å²) in [6.07, 6.45) is 4.15. The summed E-state index contributed by atoms with van der Waals surface area (Å²) in [5, 5.41) is 5.44. The first-order valence-corrected chi connectivity index (χ1v) is 11.2. The van der Waals surface area contributed by atoms with Gasteiger partial charge in [-0.2, -0.15) is 5.10 Å². The van der Waals surface area contributed by atoms with E-state index >= 15 is 0 Å². The van der Waals surface area contributed by atoms with Crippen molar-refractivity contribution in [1.29, 1.82) is 0 Å². The lowest BCUT2D eigenvalue weighted by Crippen LogP contribution is -2.38. The molecule has 2 aliphatic rings. The number of aromatic nitrogens is 5. The zero-order valence-electron chi connectivity index (χ0n) is 17.9. The molecule has 1 aliphatic carbocycles. The molecule has 0 radical (unpaired) electrons. The first kappa shape index (κ1) is 18.5. The fourth-order valence-electron chi connectivity index (χ4n) is 4.91. The number of carbonyl (C=O) groups is 1. The molecule has 1 aromatic carbocycles. The number of rotatable bonds is 3. The van der Waals surface area contributed by atoms with Crippen molar-refractivity contribution in [3.63, 3.8) is 0 Å². The van der Waals surface area contributed by atoms with Crippen LogP contribution in [0, 0.1) is 6.92 Å². The van der Waals surface area contributed by atoms with Gasteiger partial charge in [0.1, 0.15) is 5.82 Å². The number of nitrogens with zero attached hydrogens (tertiary/aromatic N) is 5. The Morgan fingerprint density at radius 1 is 1.06 bits per heavy atom. The monoisotopic (exact) mass is 414 g/mol. The second kappa shape index (κ2) is 6.90. The van der Waals surface area contributed by atoms with Gasteiger partial charge in [0.15, 0.2) is 5.65 Å². The van der Waals surface area contributed by atoms with Crippen LogP contribution in [0.3, 0.4) is 0 Å². The standard InChI is InChI=1S/C24H26N6O/c1-14-21-17(13-20(15-7-8-15)27-23(21)29(2)28-14)24(31)30-11-9-16(10-12-30)22-25-18-5-3-4-6-19(18)26-22/h3-6,13,15-16H,7-12H2,1-2H3,(H,25,26). The lowest BCUT2D eigenvalue weighted by atomic mass is 9.95. The van der Waals surface area contributed by atoms with Gasteiger partial charge >= 0.3 is 0 Å². The molecule has 4 heterocycles. The van der Waals surface area contributed by atoms with Gasteiger partial charge in [-0.15, -0.1) is 0 Å². The molecular weight excluding hydrogens is 388 g/mol. The van der Waals surface area contributed by atoms with Crippen LogP contribution in [0.1, 0.15) is 65.1 Å². The number of nitrogens with one attached hydrogen (secondary N) is 1. The third-order valence-electron chi connectivity index (χ3n) is 6.79. The Bertz CT molecular complexity index is 1270. The molecular formula is C24H26N6O. The summed E-state index contributed by atoms with van der Waals surface area (Å²) >= 11 is 0. The van der Waals surface area contributed by atoms with Gasteiger partial charge in [0.05, 0.1) is 27.7 Å². The smallest absolute Gasteiger partial charge is 0.254 e. The predicted octanol–water partition coefficient (Wildman–Crippen LogP) is 4.05. The molecule has 4 aromatic rings. The van der Waals surface area contributed by atoms with Gasteiger partial charge in [-0.3, -0.25) is 9.48 Å². The fraction of sp³-hybridized carbons (Fsp3) is 0.417. The number of amides is 1. The topological polar surface area (TPSA) is 79.7 Å². The Balaban J connectivity index is 1.27. The van der Waals surface area contributed by atoms with Crippen LogP contribution in [0.5, 0.6) is 0 Å². The molecule has 2 fully saturated rings. The van der Waals surface area contributed by atoms with E-state index in [1.165, 1.54) is 0 Å². The highest BCUT2D eigenvalue weighted by Gasteiger charge is 2.31. The fourth-order valence-corrected chi connectivity index (χ4v) is 4.91. The van der Waals surface area contributed by atoms with E-state index in [0.717, 1.165) is 83.6 Å². The zero-order valence-corrected chi connectivity index (χ0v) is 17.9. The molecule has 158 valence electrons. The number of para-hydroxylation sites is 2. The van der Waals surface area contributed by atoms with Crippen LogP contribution in [0.4, 0.5) is 0 Å². The molecule has 31 heavy (non-hydrogen) atoms. The van der Waals surface area contributed by atoms with Gasteiger partial charge in [0, 0.05) is 37.7 Å². The Morgan fingerprint density at radius 2 is 1.84 bits per heavy atom. The van der Waals surface area contributed by atoms with Crippen LogP contribution in [-0.4, -0.2) is 48.6 Å². The minimum atomic E-state index is 0.105. The predicted molar refractivity (Wildman–Crippen MR) is 119 cm³/mol. The summed E-state index contributed by atoms with van der Waals surface area (Å²) in [4.78, 5) is 28.7. The zero-order chi connectivity index (χ0) is 21.1. The van der Waals surface area contributed by atoms with Gasteiger partial charge in [-0.05, 0) is 50.8 Å². The van der Waals surface area contributed by atoms with Crippen molar-refractivity contribution in [1.82, 2.24) is 29.6 Å². The number of hydrogen-bond acceptors (Lipinski definition) is 4. The highest BCUT2D eigenvalue weighted by atomic mass is 16.2. The van der Waals surface area contributed by atoms with Crippen molar-refractivity contribution in [2.75, 3.05) is 13.1 Å². The van der Waals surface area contributed by atoms with Crippen LogP contribution in [0.2, 0.25) is 0 Å². The average Bonchev–Trinajstić information content (AvgIpc) is 3.49. The number of likely N-dealkylation sites (tertiary alicyclic amines) is 1. The highest BCUT2D eigenvalue weighted by Crippen LogP contribution is 2.41. The molecule has 6 rings (SSSR count). The maximum absolute atomic E-state index is 13.6. The molecule has 7 heteroatoms. The number of carbonyl (C=O) groups excluding carboxylic acids is 1. The number of fused-ring (bicyclic) bond motifs is 2. The van der Waals surface area contributed by atoms with Gasteiger partial charge in [0.25, 0.3) is 5.91 Å². The van der Waals surface area contributed by atoms with Crippen molar-refractivity contribution in [3.8, 4) is 0 Å². The van der Waals surface area contributed by atoms with Crippen molar-refractivity contribution < 1.29 is 4.79 Å². The molecule has 1 saturated heterocycles. The summed E-state index contributed by atoms with van der Waals surface area (Å²) in [6.45, 7) is 3.44. The maximum atomic E-state index is 13.6. The quantitative estimate of drug-likeness (QED) is 0.548. The van der Waals surface area contributed by atoms with Crippen LogP contribution in [-0.2, 0) is 7.05 Å². The number of H-pyrrole nitrogens is 1. The molecule has 0 bridgehead atoms. The number of imidazole rings is 1. The Morgan fingerprint density at radius 3 is 2.58 bits per heavy atom. The summed E-state index contributed by atoms with van der Waals surface area (Å²) in [5.41, 5.74) is 5.58. The molecule has 0 atom stereocenters. The largest absolute Gasteiger partial charge is 0.342 e. The summed E-state index contributed by atoms with van der Waals surface area (Å²) < 4.78 is 1.81. The molecule has 1 saturated carbocycles. The van der Waals surface area contributed by atoms with Crippen LogP contribution in [0.25, 0.3) is 22.1 Å². The number of aryl methyl sites for hydroxylation is 2. The molecule has 1 aliphatic heterocycles. The SMILES string of the molecule is Cc1nn(C)c2nc(C3CC3)cc(C(=O)N3CCC(c4nc5ccccc5[nH]4)CC3)c12. The second-order valence-corrected chi connectivity index (χ2v) is 8.98. The van der Waals surface area contributed by atoms with Gasteiger partial charge in [-0.25, -0.2) is 9.97 Å². The van der Waals surface area contributed by atoms with E-state index in [4.69, 9.17) is 9.97 Å². The van der Waals surface area contributed by atoms with Crippen molar-refractivity contribution in [3.05, 3.63) is 53.1 Å². The first-order valence-electron chi connectivity index (χ1n) is 11.2. The average molecular weight is 415 g/mol. The maximum Gasteiger partial charge on any atom is 0.254 e. The summed E-state index contributed by atoms with van der Waals surface area (Å²) in [6, 6.07) is 10.2. The summed E-state index contributed by atoms with van der Waals surface area (Å²) in [7, 11) is 1.91. The van der Waals surface area contributed by atoms with E-state index in [9.17, 15) is 4.79 Å². The minimum absolute atomic E-state index is 0.105. The van der Waals surface area contributed by atoms with E-state index in [1.54, 1.807) is 4.68 Å². The second-order valence-electron chi connectivity index (χ2n) is 8.98. The van der Waals surface area contributed by atoms with Crippen LogP contribution in [0.15, 0.2) is 30.3 Å². The third-order valence-corrected chi connectivity index (χ3v) is 6.79. The van der Waals surface area contributed by atoms with Gasteiger partial charge in [0.2, 0.25) is 0 Å². The third kappa shape index (κ3) is 3.10. The van der Waals surface area contributed by atoms with E-state index in [2.05, 4.69) is 16.1 Å². The normalized spacial score (nSPS) is 17.7.